The summed E-state index contributed by atoms with van der Waals surface area (Å²) in [6.07, 6.45) is 6.49. The summed E-state index contributed by atoms with van der Waals surface area (Å²) >= 11 is 0. The molecule has 2 atom stereocenters. The van der Waals surface area contributed by atoms with E-state index >= 15 is 0 Å². The van der Waals surface area contributed by atoms with Gasteiger partial charge in [0, 0.05) is 11.5 Å². The molecule has 2 unspecified atom stereocenters. The lowest BCUT2D eigenvalue weighted by Gasteiger charge is -2.45. The number of aliphatic carboxylic acids is 2. The van der Waals surface area contributed by atoms with E-state index in [9.17, 15) is 19.8 Å². The highest BCUT2D eigenvalue weighted by atomic mass is 16.6. The molecule has 1 aromatic carbocycles. The number of carboxylic acids is 2. The Morgan fingerprint density at radius 1 is 1.03 bits per heavy atom. The maximum atomic E-state index is 12.8. The summed E-state index contributed by atoms with van der Waals surface area (Å²) in [7, 11) is 0. The number of fused-ring (bicyclic) bond motifs is 1. The van der Waals surface area contributed by atoms with Gasteiger partial charge in [-0.15, -0.1) is 0 Å². The normalized spacial score (nSPS) is 26.9. The van der Waals surface area contributed by atoms with Crippen LogP contribution in [0, 0.1) is 17.3 Å². The lowest BCUT2D eigenvalue weighted by Crippen LogP contribution is -2.47. The predicted molar refractivity (Wildman–Crippen MR) is 112 cm³/mol. The highest BCUT2D eigenvalue weighted by Gasteiger charge is 2.53. The maximum Gasteiger partial charge on any atom is 0.332 e. The molecular weight excluding hydrogens is 384 g/mol. The molecule has 0 spiro atoms. The number of carboxylic acid groups (broad SMARTS) is 2. The number of hydrogen-bond donors (Lipinski definition) is 2. The van der Waals surface area contributed by atoms with E-state index < -0.39 is 23.3 Å². The summed E-state index contributed by atoms with van der Waals surface area (Å²) in [5, 5.41) is 20.5. The van der Waals surface area contributed by atoms with Crippen molar-refractivity contribution in [3.63, 3.8) is 0 Å². The average Bonchev–Trinajstić information content (AvgIpc) is 2.74. The molecule has 6 heteroatoms. The molecule has 0 bridgehead atoms. The van der Waals surface area contributed by atoms with Gasteiger partial charge in [0.25, 0.3) is 0 Å². The molecule has 2 N–H and O–H groups in total. The van der Waals surface area contributed by atoms with Crippen LogP contribution in [0.2, 0.25) is 0 Å². The molecule has 1 saturated carbocycles. The second-order valence-corrected chi connectivity index (χ2v) is 8.56. The minimum Gasteiger partial charge on any atom is -0.486 e. The zero-order chi connectivity index (χ0) is 21.5. The van der Waals surface area contributed by atoms with Crippen LogP contribution in [0.4, 0.5) is 0 Å². The van der Waals surface area contributed by atoms with E-state index in [1.54, 1.807) is 19.9 Å². The first-order valence-corrected chi connectivity index (χ1v) is 10.7. The van der Waals surface area contributed by atoms with E-state index in [1.165, 1.54) is 0 Å². The molecule has 1 aliphatic heterocycles. The van der Waals surface area contributed by atoms with Crippen LogP contribution < -0.4 is 9.47 Å². The van der Waals surface area contributed by atoms with Crippen LogP contribution in [-0.2, 0) is 9.59 Å². The van der Waals surface area contributed by atoms with Gasteiger partial charge in [-0.25, -0.2) is 4.79 Å². The van der Waals surface area contributed by atoms with Crippen LogP contribution in [0.3, 0.4) is 0 Å². The van der Waals surface area contributed by atoms with Gasteiger partial charge >= 0.3 is 11.9 Å². The van der Waals surface area contributed by atoms with Crippen molar-refractivity contribution >= 4 is 17.5 Å². The summed E-state index contributed by atoms with van der Waals surface area (Å²) in [5.74, 6) is -1.45. The SMILES string of the molecule is CC1=C(C(=O)O)C(C)C(C(=O)O)(C2CCCCC2)C=C1c1ccc2c(c1)OCCO2. The molecule has 1 aromatic rings. The van der Waals surface area contributed by atoms with Crippen LogP contribution in [0.5, 0.6) is 11.5 Å². The lowest BCUT2D eigenvalue weighted by atomic mass is 9.57. The first-order chi connectivity index (χ1) is 14.4. The molecule has 0 saturated heterocycles. The van der Waals surface area contributed by atoms with Crippen LogP contribution in [0.25, 0.3) is 5.57 Å². The van der Waals surface area contributed by atoms with Crippen LogP contribution >= 0.6 is 0 Å². The minimum absolute atomic E-state index is 0.0894. The number of ether oxygens (including phenoxy) is 2. The third-order valence-corrected chi connectivity index (χ3v) is 7.08. The summed E-state index contributed by atoms with van der Waals surface area (Å²) in [6.45, 7) is 4.46. The van der Waals surface area contributed by atoms with E-state index in [2.05, 4.69) is 0 Å². The zero-order valence-corrected chi connectivity index (χ0v) is 17.4. The number of rotatable bonds is 4. The lowest BCUT2D eigenvalue weighted by molar-refractivity contribution is -0.153. The molecule has 4 rings (SSSR count). The Morgan fingerprint density at radius 2 is 1.70 bits per heavy atom. The topological polar surface area (TPSA) is 93.1 Å². The molecule has 3 aliphatic rings. The third-order valence-electron chi connectivity index (χ3n) is 7.08. The van der Waals surface area contributed by atoms with Crippen molar-refractivity contribution in [3.05, 3.63) is 41.0 Å². The van der Waals surface area contributed by atoms with Crippen LogP contribution in [0.15, 0.2) is 35.4 Å². The van der Waals surface area contributed by atoms with E-state index in [1.807, 2.05) is 18.2 Å². The maximum absolute atomic E-state index is 12.8. The van der Waals surface area contributed by atoms with Gasteiger partial charge < -0.3 is 19.7 Å². The Hall–Kier alpha value is -2.76. The Morgan fingerprint density at radius 3 is 2.33 bits per heavy atom. The smallest absolute Gasteiger partial charge is 0.332 e. The van der Waals surface area contributed by atoms with Crippen molar-refractivity contribution in [2.75, 3.05) is 13.2 Å². The zero-order valence-electron chi connectivity index (χ0n) is 17.4. The van der Waals surface area contributed by atoms with E-state index in [0.29, 0.717) is 35.9 Å². The monoisotopic (exact) mass is 412 g/mol. The molecule has 30 heavy (non-hydrogen) atoms. The fraction of sp³-hybridized carbons (Fsp3) is 0.500. The number of carbonyl (C=O) groups is 2. The largest absolute Gasteiger partial charge is 0.486 e. The number of allylic oxidation sites excluding steroid dienone is 2. The van der Waals surface area contributed by atoms with Crippen molar-refractivity contribution in [3.8, 4) is 11.5 Å². The van der Waals surface area contributed by atoms with Crippen LogP contribution in [0.1, 0.15) is 51.5 Å². The van der Waals surface area contributed by atoms with E-state index in [4.69, 9.17) is 9.47 Å². The molecule has 0 aromatic heterocycles. The van der Waals surface area contributed by atoms with Gasteiger partial charge in [0.2, 0.25) is 0 Å². The number of hydrogen-bond acceptors (Lipinski definition) is 4. The van der Waals surface area contributed by atoms with Gasteiger partial charge in [0.15, 0.2) is 11.5 Å². The van der Waals surface area contributed by atoms with Crippen molar-refractivity contribution in [1.82, 2.24) is 0 Å². The second-order valence-electron chi connectivity index (χ2n) is 8.56. The first kappa shape index (κ1) is 20.5. The fourth-order valence-corrected chi connectivity index (χ4v) is 5.51. The van der Waals surface area contributed by atoms with Gasteiger partial charge in [-0.2, -0.15) is 0 Å². The molecule has 6 nitrogen and oxygen atoms in total. The molecule has 2 aliphatic carbocycles. The van der Waals surface area contributed by atoms with Gasteiger partial charge in [0.05, 0.1) is 5.41 Å². The third kappa shape index (κ3) is 3.18. The number of benzene rings is 1. The summed E-state index contributed by atoms with van der Waals surface area (Å²) in [4.78, 5) is 25.0. The highest BCUT2D eigenvalue weighted by Crippen LogP contribution is 2.54. The quantitative estimate of drug-likeness (QED) is 0.754. The molecule has 0 amide bonds. The second kappa shape index (κ2) is 7.82. The summed E-state index contributed by atoms with van der Waals surface area (Å²) in [6, 6.07) is 5.48. The average molecular weight is 412 g/mol. The highest BCUT2D eigenvalue weighted by molar-refractivity contribution is 5.99. The van der Waals surface area contributed by atoms with Gasteiger partial charge in [0.1, 0.15) is 13.2 Å². The molecule has 0 radical (unpaired) electrons. The standard InChI is InChI=1S/C24H28O6/c1-14-18(16-8-9-19-20(12-16)30-11-10-29-19)13-24(23(27)28,15(2)21(14)22(25)26)17-6-4-3-5-7-17/h8-9,12-13,15,17H,3-7,10-11H2,1-2H3,(H,25,26)(H,27,28). The Kier molecular flexibility index (Phi) is 5.35. The fourth-order valence-electron chi connectivity index (χ4n) is 5.51. The molecule has 160 valence electrons. The summed E-state index contributed by atoms with van der Waals surface area (Å²) < 4.78 is 11.3. The van der Waals surface area contributed by atoms with Crippen LogP contribution in [-0.4, -0.2) is 35.4 Å². The van der Waals surface area contributed by atoms with Crippen molar-refractivity contribution in [1.29, 1.82) is 0 Å². The first-order valence-electron chi connectivity index (χ1n) is 10.7. The van der Waals surface area contributed by atoms with E-state index in [0.717, 1.165) is 37.7 Å². The molecule has 1 fully saturated rings. The predicted octanol–water partition coefficient (Wildman–Crippen LogP) is 4.54. The Bertz CT molecular complexity index is 937. The Labute approximate surface area is 176 Å². The van der Waals surface area contributed by atoms with Gasteiger partial charge in [-0.3, -0.25) is 4.79 Å². The molecular formula is C24H28O6. The van der Waals surface area contributed by atoms with E-state index in [-0.39, 0.29) is 11.5 Å². The Balaban J connectivity index is 1.91. The van der Waals surface area contributed by atoms with Gasteiger partial charge in [-0.1, -0.05) is 38.3 Å². The minimum atomic E-state index is -1.24. The van der Waals surface area contributed by atoms with Gasteiger partial charge in [-0.05, 0) is 54.5 Å². The van der Waals surface area contributed by atoms with Crippen molar-refractivity contribution in [2.24, 2.45) is 17.3 Å². The summed E-state index contributed by atoms with van der Waals surface area (Å²) in [5.41, 5.74) is 0.977. The molecule has 1 heterocycles. The van der Waals surface area contributed by atoms with Crippen molar-refractivity contribution in [2.45, 2.75) is 46.0 Å². The van der Waals surface area contributed by atoms with Crippen molar-refractivity contribution < 1.29 is 29.3 Å².